The van der Waals surface area contributed by atoms with Gasteiger partial charge in [0.15, 0.2) is 0 Å². The first kappa shape index (κ1) is 32.7. The van der Waals surface area contributed by atoms with E-state index >= 15 is 0 Å². The van der Waals surface area contributed by atoms with Crippen molar-refractivity contribution in [2.75, 3.05) is 0 Å². The Morgan fingerprint density at radius 1 is 0.907 bits per heavy atom. The van der Waals surface area contributed by atoms with Gasteiger partial charge >= 0.3 is 23.9 Å². The van der Waals surface area contributed by atoms with Crippen molar-refractivity contribution in [1.82, 2.24) is 0 Å². The highest BCUT2D eigenvalue weighted by Gasteiger charge is 2.68. The molecule has 2 heterocycles. The maximum absolute atomic E-state index is 13.3. The second-order valence-corrected chi connectivity index (χ2v) is 13.0. The van der Waals surface area contributed by atoms with E-state index in [0.717, 1.165) is 0 Å². The summed E-state index contributed by atoms with van der Waals surface area (Å²) in [6, 6.07) is 8.66. The Hall–Kier alpha value is -3.24. The van der Waals surface area contributed by atoms with Gasteiger partial charge in [-0.15, -0.1) is 0 Å². The van der Waals surface area contributed by atoms with Crippen LogP contribution in [0.4, 0.5) is 0 Å². The monoisotopic (exact) mass is 600 g/mol. The van der Waals surface area contributed by atoms with Gasteiger partial charge in [-0.3, -0.25) is 14.4 Å². The lowest BCUT2D eigenvalue weighted by Gasteiger charge is -2.41. The standard InChI is InChI=1S/C33H44O10/c1-17-14-24-27(42-31(38)23-12-10-9-11-13-23)18(2)16-33(24)30(41-22(6)36)19(3)28(43-33)29(37)32(7,8)26(40-21(5)35)15-25(17)39-20(4)34/h9-14,18-19,24-30,37H,15-16H2,1-8H3/t18-,19-,24-,25+,26+,27-,28-,29+,30-,33-/m0/s1. The summed E-state index contributed by atoms with van der Waals surface area (Å²) in [5.74, 6) is -3.41. The van der Waals surface area contributed by atoms with Gasteiger partial charge in [-0.25, -0.2) is 4.79 Å². The predicted octanol–water partition coefficient (Wildman–Crippen LogP) is 4.17. The van der Waals surface area contributed by atoms with E-state index in [1.807, 2.05) is 26.0 Å². The van der Waals surface area contributed by atoms with E-state index < -0.39 is 83.4 Å². The Labute approximate surface area is 253 Å². The number of esters is 4. The average molecular weight is 601 g/mol. The molecule has 2 aliphatic heterocycles. The lowest BCUT2D eigenvalue weighted by atomic mass is 9.72. The zero-order valence-electron chi connectivity index (χ0n) is 26.2. The van der Waals surface area contributed by atoms with Gasteiger partial charge in [0.2, 0.25) is 0 Å². The molecule has 10 heteroatoms. The first-order valence-corrected chi connectivity index (χ1v) is 14.9. The highest BCUT2D eigenvalue weighted by Crippen LogP contribution is 2.57. The van der Waals surface area contributed by atoms with Crippen LogP contribution in [0.2, 0.25) is 0 Å². The summed E-state index contributed by atoms with van der Waals surface area (Å²) >= 11 is 0. The fourth-order valence-corrected chi connectivity index (χ4v) is 7.22. The van der Waals surface area contributed by atoms with E-state index in [-0.39, 0.29) is 12.3 Å². The second-order valence-electron chi connectivity index (χ2n) is 13.0. The number of benzene rings is 1. The Balaban J connectivity index is 1.90. The van der Waals surface area contributed by atoms with E-state index in [4.69, 9.17) is 23.7 Å². The minimum atomic E-state index is -1.18. The number of fused-ring (bicyclic) bond motifs is 1. The number of aliphatic hydroxyl groups is 1. The predicted molar refractivity (Wildman–Crippen MR) is 155 cm³/mol. The molecule has 43 heavy (non-hydrogen) atoms. The van der Waals surface area contributed by atoms with Crippen molar-refractivity contribution in [2.24, 2.45) is 23.2 Å². The average Bonchev–Trinajstić information content (AvgIpc) is 3.33. The van der Waals surface area contributed by atoms with Crippen molar-refractivity contribution in [3.05, 3.63) is 47.5 Å². The third kappa shape index (κ3) is 6.36. The van der Waals surface area contributed by atoms with Gasteiger partial charge in [0.1, 0.15) is 30.0 Å². The number of hydrogen-bond donors (Lipinski definition) is 1. The molecular formula is C33H44O10. The van der Waals surface area contributed by atoms with Crippen molar-refractivity contribution in [3.8, 4) is 0 Å². The van der Waals surface area contributed by atoms with Crippen LogP contribution in [0.3, 0.4) is 0 Å². The summed E-state index contributed by atoms with van der Waals surface area (Å²) in [5.41, 5.74) is -1.22. The van der Waals surface area contributed by atoms with E-state index in [1.165, 1.54) is 20.8 Å². The first-order chi connectivity index (χ1) is 20.1. The molecule has 1 saturated carbocycles. The van der Waals surface area contributed by atoms with Crippen molar-refractivity contribution < 1.29 is 48.0 Å². The molecule has 1 aliphatic carbocycles. The molecule has 1 aromatic carbocycles. The maximum atomic E-state index is 13.3. The highest BCUT2D eigenvalue weighted by atomic mass is 16.6. The molecule has 1 aromatic rings. The van der Waals surface area contributed by atoms with E-state index in [2.05, 4.69) is 0 Å². The Morgan fingerprint density at radius 2 is 1.51 bits per heavy atom. The molecule has 1 N–H and O–H groups in total. The van der Waals surface area contributed by atoms with Crippen LogP contribution in [0.1, 0.15) is 78.6 Å². The molecule has 1 saturated heterocycles. The Kier molecular flexibility index (Phi) is 9.42. The highest BCUT2D eigenvalue weighted by molar-refractivity contribution is 5.89. The van der Waals surface area contributed by atoms with Gasteiger partial charge in [-0.2, -0.15) is 0 Å². The van der Waals surface area contributed by atoms with Crippen LogP contribution in [0, 0.1) is 23.2 Å². The van der Waals surface area contributed by atoms with Crippen LogP contribution in [0.5, 0.6) is 0 Å². The maximum Gasteiger partial charge on any atom is 0.338 e. The SMILES string of the molecule is CC(=O)O[C@@H]1C[C@@H](OC(C)=O)C(C)(C)[C@H](O)[C@H]2O[C@]3(C[C@H](C)[C@H](OC(=O)c4ccccc4)[C@@H]3C=C1C)[C@@H](OC(C)=O)[C@H]2C. The van der Waals surface area contributed by atoms with Gasteiger partial charge < -0.3 is 28.8 Å². The van der Waals surface area contributed by atoms with Crippen molar-refractivity contribution in [1.29, 1.82) is 0 Å². The number of carbonyl (C=O) groups excluding carboxylic acids is 4. The minimum absolute atomic E-state index is 0.0871. The topological polar surface area (TPSA) is 135 Å². The molecule has 2 fully saturated rings. The summed E-state index contributed by atoms with van der Waals surface area (Å²) in [4.78, 5) is 50.3. The smallest absolute Gasteiger partial charge is 0.338 e. The van der Waals surface area contributed by atoms with Gasteiger partial charge in [-0.1, -0.05) is 52.0 Å². The normalized spacial score (nSPS) is 36.8. The Morgan fingerprint density at radius 3 is 2.09 bits per heavy atom. The van der Waals surface area contributed by atoms with Crippen LogP contribution in [0.25, 0.3) is 0 Å². The number of ether oxygens (including phenoxy) is 5. The zero-order chi connectivity index (χ0) is 31.9. The Bertz CT molecular complexity index is 1260. The van der Waals surface area contributed by atoms with Gasteiger partial charge in [0, 0.05) is 44.4 Å². The largest absolute Gasteiger partial charge is 0.462 e. The first-order valence-electron chi connectivity index (χ1n) is 14.9. The quantitative estimate of drug-likeness (QED) is 0.298. The number of carbonyl (C=O) groups is 4. The summed E-state index contributed by atoms with van der Waals surface area (Å²) in [7, 11) is 0. The molecule has 0 aromatic heterocycles. The van der Waals surface area contributed by atoms with Crippen LogP contribution in [-0.4, -0.2) is 71.2 Å². The molecule has 0 radical (unpaired) electrons. The van der Waals surface area contributed by atoms with Crippen LogP contribution in [0.15, 0.2) is 42.0 Å². The molecular weight excluding hydrogens is 556 g/mol. The fraction of sp³-hybridized carbons (Fsp3) is 0.636. The molecule has 2 bridgehead atoms. The van der Waals surface area contributed by atoms with Crippen LogP contribution >= 0.6 is 0 Å². The number of aliphatic hydroxyl groups excluding tert-OH is 1. The molecule has 10 atom stereocenters. The third-order valence-electron chi connectivity index (χ3n) is 9.40. The van der Waals surface area contributed by atoms with Crippen LogP contribution in [-0.2, 0) is 38.1 Å². The summed E-state index contributed by atoms with van der Waals surface area (Å²) < 4.78 is 30.5. The molecule has 236 valence electrons. The summed E-state index contributed by atoms with van der Waals surface area (Å²) in [6.45, 7) is 13.1. The molecule has 4 rings (SSSR count). The lowest BCUT2D eigenvalue weighted by molar-refractivity contribution is -0.184. The van der Waals surface area contributed by atoms with Crippen molar-refractivity contribution in [3.63, 3.8) is 0 Å². The fourth-order valence-electron chi connectivity index (χ4n) is 7.22. The van der Waals surface area contributed by atoms with E-state index in [1.54, 1.807) is 45.0 Å². The van der Waals surface area contributed by atoms with Gasteiger partial charge in [0.05, 0.1) is 17.8 Å². The van der Waals surface area contributed by atoms with E-state index in [0.29, 0.717) is 17.6 Å². The molecule has 1 spiro atoms. The lowest BCUT2D eigenvalue weighted by Crippen LogP contribution is -2.51. The van der Waals surface area contributed by atoms with Crippen LogP contribution < -0.4 is 0 Å². The number of rotatable bonds is 5. The zero-order valence-corrected chi connectivity index (χ0v) is 26.2. The summed E-state index contributed by atoms with van der Waals surface area (Å²) in [5, 5.41) is 12.0. The molecule has 0 amide bonds. The van der Waals surface area contributed by atoms with Crippen molar-refractivity contribution >= 4 is 23.9 Å². The second kappa shape index (κ2) is 12.4. The van der Waals surface area contributed by atoms with Gasteiger partial charge in [0.25, 0.3) is 0 Å². The minimum Gasteiger partial charge on any atom is -0.462 e. The summed E-state index contributed by atoms with van der Waals surface area (Å²) in [6.07, 6.45) is -2.85. The number of hydrogen-bond acceptors (Lipinski definition) is 10. The molecule has 10 nitrogen and oxygen atoms in total. The van der Waals surface area contributed by atoms with E-state index in [9.17, 15) is 24.3 Å². The third-order valence-corrected chi connectivity index (χ3v) is 9.40. The molecule has 0 unspecified atom stereocenters. The van der Waals surface area contributed by atoms with Crippen molar-refractivity contribution in [2.45, 2.75) is 110 Å². The molecule has 3 aliphatic rings. The van der Waals surface area contributed by atoms with Gasteiger partial charge in [-0.05, 0) is 37.0 Å².